The Hall–Kier alpha value is -2.48. The molecule has 0 aliphatic carbocycles. The van der Waals surface area contributed by atoms with E-state index in [9.17, 15) is 8.42 Å². The van der Waals surface area contributed by atoms with Crippen molar-refractivity contribution in [3.8, 4) is 11.1 Å². The Bertz CT molecular complexity index is 1120. The number of nitrogens with zero attached hydrogens (tertiary/aromatic N) is 2. The minimum atomic E-state index is -3.65. The summed E-state index contributed by atoms with van der Waals surface area (Å²) in [4.78, 5) is 0.254. The van der Waals surface area contributed by atoms with Crippen LogP contribution < -0.4 is 10.0 Å². The summed E-state index contributed by atoms with van der Waals surface area (Å²) < 4.78 is 28.6. The molecular formula is C28H40N4O2S. The average molecular weight is 497 g/mol. The SMILES string of the molecule is C=C(C)N(C)/N=C(\CNS(=O)(=O)c1ccc(-c2cccc(CC3CCNCC3)c2)cc1)CC(C)C. The molecule has 0 radical (unpaired) electrons. The van der Waals surface area contributed by atoms with Crippen LogP contribution in [0.15, 0.2) is 70.8 Å². The summed E-state index contributed by atoms with van der Waals surface area (Å²) in [6.07, 6.45) is 4.23. The Morgan fingerprint density at radius 1 is 1.14 bits per heavy atom. The number of hydrazone groups is 1. The van der Waals surface area contributed by atoms with Gasteiger partial charge in [-0.3, -0.25) is 5.01 Å². The van der Waals surface area contributed by atoms with Crippen molar-refractivity contribution in [3.05, 3.63) is 66.4 Å². The van der Waals surface area contributed by atoms with Crippen molar-refractivity contribution in [1.29, 1.82) is 0 Å². The van der Waals surface area contributed by atoms with Crippen LogP contribution in [0.2, 0.25) is 0 Å². The molecule has 2 aromatic rings. The lowest BCUT2D eigenvalue weighted by Crippen LogP contribution is -2.31. The minimum absolute atomic E-state index is 0.165. The summed E-state index contributed by atoms with van der Waals surface area (Å²) in [5, 5.41) is 9.64. The average Bonchev–Trinajstić information content (AvgIpc) is 2.83. The van der Waals surface area contributed by atoms with Crippen LogP contribution in [0.1, 0.15) is 45.6 Å². The molecule has 2 aromatic carbocycles. The summed E-state index contributed by atoms with van der Waals surface area (Å²) in [5.74, 6) is 1.09. The highest BCUT2D eigenvalue weighted by atomic mass is 32.2. The number of piperidine rings is 1. The smallest absolute Gasteiger partial charge is 0.240 e. The van der Waals surface area contributed by atoms with E-state index in [4.69, 9.17) is 0 Å². The maximum Gasteiger partial charge on any atom is 0.240 e. The van der Waals surface area contributed by atoms with Crippen LogP contribution in [-0.2, 0) is 16.4 Å². The van der Waals surface area contributed by atoms with Gasteiger partial charge in [-0.05, 0) is 86.4 Å². The number of hydrogen-bond acceptors (Lipinski definition) is 5. The van der Waals surface area contributed by atoms with Crippen LogP contribution in [-0.4, -0.2) is 45.8 Å². The standard InChI is InChI=1S/C28H40N4O2S/c1-21(2)17-27(31-32(5)22(3)4)20-30-35(33,34)28-11-9-25(10-12-28)26-8-6-7-24(19-26)18-23-13-15-29-16-14-23/h6-12,19,21,23,29-30H,3,13-18,20H2,1-2,4-5H3/b31-27-. The van der Waals surface area contributed by atoms with Gasteiger partial charge in [0.1, 0.15) is 0 Å². The molecule has 3 rings (SSSR count). The lowest BCUT2D eigenvalue weighted by atomic mass is 9.90. The molecule has 190 valence electrons. The van der Waals surface area contributed by atoms with Crippen LogP contribution in [0.4, 0.5) is 0 Å². The molecule has 0 saturated carbocycles. The first-order valence-electron chi connectivity index (χ1n) is 12.5. The lowest BCUT2D eigenvalue weighted by molar-refractivity contribution is 0.373. The molecular weight excluding hydrogens is 456 g/mol. The predicted molar refractivity (Wildman–Crippen MR) is 146 cm³/mol. The monoisotopic (exact) mass is 496 g/mol. The fourth-order valence-corrected chi connectivity index (χ4v) is 5.32. The zero-order chi connectivity index (χ0) is 25.4. The highest BCUT2D eigenvalue weighted by molar-refractivity contribution is 7.89. The molecule has 0 unspecified atom stereocenters. The van der Waals surface area contributed by atoms with Crippen molar-refractivity contribution in [2.75, 3.05) is 26.7 Å². The Balaban J connectivity index is 1.69. The molecule has 1 fully saturated rings. The van der Waals surface area contributed by atoms with Crippen molar-refractivity contribution in [2.45, 2.75) is 51.3 Å². The molecule has 1 aliphatic rings. The number of hydrogen-bond donors (Lipinski definition) is 2. The van der Waals surface area contributed by atoms with Gasteiger partial charge in [-0.2, -0.15) is 5.10 Å². The zero-order valence-corrected chi connectivity index (χ0v) is 22.4. The fraction of sp³-hybridized carbons (Fsp3) is 0.464. The van der Waals surface area contributed by atoms with Gasteiger partial charge in [-0.1, -0.05) is 56.8 Å². The van der Waals surface area contributed by atoms with E-state index < -0.39 is 10.0 Å². The molecule has 1 aliphatic heterocycles. The predicted octanol–water partition coefficient (Wildman–Crippen LogP) is 5.04. The molecule has 35 heavy (non-hydrogen) atoms. The van der Waals surface area contributed by atoms with E-state index in [2.05, 4.69) is 59.8 Å². The normalized spacial score (nSPS) is 15.4. The second-order valence-electron chi connectivity index (χ2n) is 9.97. The Morgan fingerprint density at radius 2 is 1.83 bits per heavy atom. The summed E-state index contributed by atoms with van der Waals surface area (Å²) in [6.45, 7) is 12.3. The van der Waals surface area contributed by atoms with Crippen LogP contribution in [0.3, 0.4) is 0 Å². The number of nitrogens with one attached hydrogen (secondary N) is 2. The Kier molecular flexibility index (Phi) is 9.66. The van der Waals surface area contributed by atoms with E-state index in [0.717, 1.165) is 48.0 Å². The molecule has 7 heteroatoms. The molecule has 0 spiro atoms. The van der Waals surface area contributed by atoms with Crippen molar-refractivity contribution in [1.82, 2.24) is 15.0 Å². The van der Waals surface area contributed by atoms with Gasteiger partial charge in [-0.25, -0.2) is 13.1 Å². The number of sulfonamides is 1. The number of benzene rings is 2. The van der Waals surface area contributed by atoms with Gasteiger partial charge in [0.2, 0.25) is 10.0 Å². The molecule has 0 atom stereocenters. The first kappa shape index (κ1) is 27.1. The Morgan fingerprint density at radius 3 is 2.46 bits per heavy atom. The molecule has 6 nitrogen and oxygen atoms in total. The first-order chi connectivity index (χ1) is 16.6. The van der Waals surface area contributed by atoms with Crippen LogP contribution in [0, 0.1) is 11.8 Å². The maximum atomic E-state index is 13.0. The van der Waals surface area contributed by atoms with Gasteiger partial charge < -0.3 is 5.32 Å². The van der Waals surface area contributed by atoms with E-state index in [-0.39, 0.29) is 11.4 Å². The largest absolute Gasteiger partial charge is 0.317 e. The first-order valence-corrected chi connectivity index (χ1v) is 14.0. The van der Waals surface area contributed by atoms with E-state index >= 15 is 0 Å². The van der Waals surface area contributed by atoms with E-state index in [1.807, 2.05) is 26.1 Å². The second-order valence-corrected chi connectivity index (χ2v) is 11.7. The summed E-state index contributed by atoms with van der Waals surface area (Å²) in [6, 6.07) is 15.7. The summed E-state index contributed by atoms with van der Waals surface area (Å²) >= 11 is 0. The molecule has 1 saturated heterocycles. The lowest BCUT2D eigenvalue weighted by Gasteiger charge is -2.22. The molecule has 0 aromatic heterocycles. The van der Waals surface area contributed by atoms with Crippen molar-refractivity contribution in [3.63, 3.8) is 0 Å². The third kappa shape index (κ3) is 8.30. The Labute approximate surface area is 211 Å². The van der Waals surface area contributed by atoms with Crippen molar-refractivity contribution < 1.29 is 8.42 Å². The number of allylic oxidation sites excluding steroid dienone is 1. The minimum Gasteiger partial charge on any atom is -0.317 e. The van der Waals surface area contributed by atoms with E-state index in [1.54, 1.807) is 17.1 Å². The molecule has 0 amide bonds. The van der Waals surface area contributed by atoms with Crippen LogP contribution in [0.25, 0.3) is 11.1 Å². The third-order valence-electron chi connectivity index (χ3n) is 6.36. The van der Waals surface area contributed by atoms with E-state index in [1.165, 1.54) is 18.4 Å². The quantitative estimate of drug-likeness (QED) is 0.338. The molecule has 0 bridgehead atoms. The van der Waals surface area contributed by atoms with Crippen molar-refractivity contribution >= 4 is 15.7 Å². The third-order valence-corrected chi connectivity index (χ3v) is 7.78. The van der Waals surface area contributed by atoms with Gasteiger partial charge in [0, 0.05) is 12.7 Å². The van der Waals surface area contributed by atoms with Gasteiger partial charge in [0.25, 0.3) is 0 Å². The molecule has 2 N–H and O–H groups in total. The highest BCUT2D eigenvalue weighted by Crippen LogP contribution is 2.25. The van der Waals surface area contributed by atoms with Crippen molar-refractivity contribution in [2.24, 2.45) is 16.9 Å². The summed E-state index contributed by atoms with van der Waals surface area (Å²) in [7, 11) is -1.83. The van der Waals surface area contributed by atoms with Gasteiger partial charge in [0.05, 0.1) is 17.2 Å². The maximum absolute atomic E-state index is 13.0. The topological polar surface area (TPSA) is 73.8 Å². The number of rotatable bonds is 11. The van der Waals surface area contributed by atoms with Gasteiger partial charge in [-0.15, -0.1) is 0 Å². The fourth-order valence-electron chi connectivity index (χ4n) is 4.30. The van der Waals surface area contributed by atoms with Crippen LogP contribution in [0.5, 0.6) is 0 Å². The van der Waals surface area contributed by atoms with Gasteiger partial charge >= 0.3 is 0 Å². The van der Waals surface area contributed by atoms with E-state index in [0.29, 0.717) is 12.3 Å². The van der Waals surface area contributed by atoms with Crippen LogP contribution >= 0.6 is 0 Å². The zero-order valence-electron chi connectivity index (χ0n) is 21.5. The second kappa shape index (κ2) is 12.5. The highest BCUT2D eigenvalue weighted by Gasteiger charge is 2.17. The summed E-state index contributed by atoms with van der Waals surface area (Å²) in [5.41, 5.74) is 5.04. The molecule has 1 heterocycles. The van der Waals surface area contributed by atoms with Gasteiger partial charge in [0.15, 0.2) is 0 Å².